The molecule has 0 aromatic carbocycles. The molecule has 6 atom stereocenters. The maximum atomic E-state index is 14.4. The van der Waals surface area contributed by atoms with E-state index >= 15 is 0 Å². The average molecular weight is 546 g/mol. The number of hydrogen-bond donors (Lipinski definition) is 1. The van der Waals surface area contributed by atoms with Crippen molar-refractivity contribution in [1.82, 2.24) is 14.7 Å². The second kappa shape index (κ2) is 13.4. The van der Waals surface area contributed by atoms with Crippen LogP contribution in [0.5, 0.6) is 0 Å². The van der Waals surface area contributed by atoms with Gasteiger partial charge in [-0.3, -0.25) is 14.4 Å². The van der Waals surface area contributed by atoms with E-state index in [0.717, 1.165) is 32.1 Å². The molecule has 3 amide bonds. The van der Waals surface area contributed by atoms with Gasteiger partial charge in [-0.1, -0.05) is 45.8 Å². The molecular formula is C31H51N3O5. The molecule has 220 valence electrons. The number of amides is 3. The van der Waals surface area contributed by atoms with Gasteiger partial charge in [-0.15, -0.1) is 13.2 Å². The van der Waals surface area contributed by atoms with Crippen LogP contribution in [0.3, 0.4) is 0 Å². The average Bonchev–Trinajstić information content (AvgIpc) is 3.42. The fourth-order valence-corrected chi connectivity index (χ4v) is 7.29. The molecule has 3 unspecified atom stereocenters. The highest BCUT2D eigenvalue weighted by Gasteiger charge is 2.80. The van der Waals surface area contributed by atoms with Gasteiger partial charge in [0.25, 0.3) is 0 Å². The van der Waals surface area contributed by atoms with E-state index < -0.39 is 29.1 Å². The summed E-state index contributed by atoms with van der Waals surface area (Å²) in [5.41, 5.74) is -1.85. The molecule has 39 heavy (non-hydrogen) atoms. The number of unbranched alkanes of at least 4 members (excludes halogenated alkanes) is 4. The highest BCUT2D eigenvalue weighted by Crippen LogP contribution is 2.65. The predicted molar refractivity (Wildman–Crippen MR) is 153 cm³/mol. The Morgan fingerprint density at radius 1 is 1.03 bits per heavy atom. The van der Waals surface area contributed by atoms with Crippen LogP contribution >= 0.6 is 0 Å². The zero-order valence-corrected chi connectivity index (χ0v) is 24.7. The van der Waals surface area contributed by atoms with E-state index in [1.165, 1.54) is 0 Å². The molecule has 8 nitrogen and oxygen atoms in total. The molecular weight excluding hydrogens is 494 g/mol. The summed E-state index contributed by atoms with van der Waals surface area (Å²) in [4.78, 5) is 48.1. The van der Waals surface area contributed by atoms with Crippen molar-refractivity contribution in [3.63, 3.8) is 0 Å². The summed E-state index contributed by atoms with van der Waals surface area (Å²) in [6.45, 7) is 18.4. The van der Waals surface area contributed by atoms with Gasteiger partial charge < -0.3 is 24.5 Å². The Morgan fingerprint density at radius 2 is 1.69 bits per heavy atom. The summed E-state index contributed by atoms with van der Waals surface area (Å²) in [5.74, 6) is -1.65. The predicted octanol–water partition coefficient (Wildman–Crippen LogP) is 3.79. The summed E-state index contributed by atoms with van der Waals surface area (Å²) in [5, 5.41) is 9.27. The molecule has 3 aliphatic rings. The minimum Gasteiger partial charge on any atom is -0.396 e. The Morgan fingerprint density at radius 3 is 2.28 bits per heavy atom. The van der Waals surface area contributed by atoms with Gasteiger partial charge in [0.2, 0.25) is 17.7 Å². The molecule has 1 spiro atoms. The lowest BCUT2D eigenvalue weighted by Crippen LogP contribution is -2.57. The first kappa shape index (κ1) is 31.3. The topological polar surface area (TPSA) is 90.4 Å². The number of fused-ring (bicyclic) bond motifs is 1. The molecule has 2 bridgehead atoms. The van der Waals surface area contributed by atoms with Crippen molar-refractivity contribution in [3.05, 3.63) is 25.3 Å². The van der Waals surface area contributed by atoms with Crippen LogP contribution in [0.15, 0.2) is 25.3 Å². The van der Waals surface area contributed by atoms with Gasteiger partial charge >= 0.3 is 0 Å². The van der Waals surface area contributed by atoms with E-state index in [4.69, 9.17) is 4.74 Å². The monoisotopic (exact) mass is 545 g/mol. The van der Waals surface area contributed by atoms with Crippen molar-refractivity contribution >= 4 is 17.7 Å². The lowest BCUT2D eigenvalue weighted by Gasteiger charge is -2.39. The van der Waals surface area contributed by atoms with Gasteiger partial charge in [-0.2, -0.15) is 0 Å². The summed E-state index contributed by atoms with van der Waals surface area (Å²) in [6, 6.07) is -0.771. The Bertz CT molecular complexity index is 909. The number of aliphatic hydroxyl groups excluding tert-OH is 1. The van der Waals surface area contributed by atoms with Crippen molar-refractivity contribution in [2.75, 3.05) is 39.3 Å². The smallest absolute Gasteiger partial charge is 0.248 e. The van der Waals surface area contributed by atoms with Crippen LogP contribution in [-0.4, -0.2) is 94.1 Å². The molecule has 0 radical (unpaired) electrons. The van der Waals surface area contributed by atoms with E-state index in [1.54, 1.807) is 22.0 Å². The lowest BCUT2D eigenvalue weighted by molar-refractivity contribution is -0.154. The largest absolute Gasteiger partial charge is 0.396 e. The second-order valence-corrected chi connectivity index (χ2v) is 11.9. The molecule has 3 fully saturated rings. The summed E-state index contributed by atoms with van der Waals surface area (Å²) in [7, 11) is 0. The van der Waals surface area contributed by atoms with E-state index in [0.29, 0.717) is 52.0 Å². The minimum absolute atomic E-state index is 0.0142. The molecule has 1 N–H and O–H groups in total. The first-order valence-electron chi connectivity index (χ1n) is 15.1. The molecule has 8 heteroatoms. The van der Waals surface area contributed by atoms with Gasteiger partial charge in [0, 0.05) is 39.3 Å². The fraction of sp³-hybridized carbons (Fsp3) is 0.774. The van der Waals surface area contributed by atoms with Gasteiger partial charge in [0.1, 0.15) is 11.6 Å². The molecule has 3 heterocycles. The second-order valence-electron chi connectivity index (χ2n) is 11.9. The van der Waals surface area contributed by atoms with E-state index in [-0.39, 0.29) is 30.2 Å². The summed E-state index contributed by atoms with van der Waals surface area (Å²) in [6.07, 6.45) is 9.86. The van der Waals surface area contributed by atoms with Crippen LogP contribution in [0.25, 0.3) is 0 Å². The SMILES string of the molecule is C=CCN(CCCCC)C(=O)C1N(CCCCCO)C(=O)[C@@H]2[C@H](C(=O)N(CC=C)CCC)[C@@]3(C)OC12CC3C. The number of nitrogens with zero attached hydrogens (tertiary/aromatic N) is 3. The van der Waals surface area contributed by atoms with Crippen molar-refractivity contribution in [3.8, 4) is 0 Å². The molecule has 3 saturated heterocycles. The van der Waals surface area contributed by atoms with Crippen LogP contribution in [-0.2, 0) is 19.1 Å². The number of rotatable bonds is 17. The van der Waals surface area contributed by atoms with E-state index in [9.17, 15) is 19.5 Å². The molecule has 3 aliphatic heterocycles. The zero-order chi connectivity index (χ0) is 28.8. The number of carbonyl (C=O) groups excluding carboxylic acids is 3. The first-order valence-corrected chi connectivity index (χ1v) is 15.1. The maximum Gasteiger partial charge on any atom is 0.248 e. The number of likely N-dealkylation sites (tertiary alicyclic amines) is 1. The Labute approximate surface area is 235 Å². The molecule has 0 aromatic heterocycles. The van der Waals surface area contributed by atoms with Crippen LogP contribution in [0.2, 0.25) is 0 Å². The Balaban J connectivity index is 2.05. The lowest BCUT2D eigenvalue weighted by atomic mass is 9.62. The van der Waals surface area contributed by atoms with Crippen LogP contribution in [0, 0.1) is 17.8 Å². The van der Waals surface area contributed by atoms with Gasteiger partial charge in [0.15, 0.2) is 0 Å². The van der Waals surface area contributed by atoms with E-state index in [2.05, 4.69) is 27.0 Å². The number of aliphatic hydroxyl groups is 1. The fourth-order valence-electron chi connectivity index (χ4n) is 7.29. The van der Waals surface area contributed by atoms with Crippen molar-refractivity contribution in [2.45, 2.75) is 96.3 Å². The van der Waals surface area contributed by atoms with Crippen LogP contribution < -0.4 is 0 Å². The van der Waals surface area contributed by atoms with Gasteiger partial charge in [0.05, 0.1) is 17.4 Å². The summed E-state index contributed by atoms with van der Waals surface area (Å²) < 4.78 is 6.89. The number of carbonyl (C=O) groups is 3. The number of hydrogen-bond acceptors (Lipinski definition) is 5. The Hall–Kier alpha value is -2.19. The van der Waals surface area contributed by atoms with Crippen molar-refractivity contribution in [2.24, 2.45) is 17.8 Å². The zero-order valence-electron chi connectivity index (χ0n) is 24.7. The third-order valence-corrected chi connectivity index (χ3v) is 9.22. The highest BCUT2D eigenvalue weighted by atomic mass is 16.5. The normalized spacial score (nSPS) is 30.9. The van der Waals surface area contributed by atoms with Gasteiger partial charge in [-0.05, 0) is 51.4 Å². The highest BCUT2D eigenvalue weighted by molar-refractivity contribution is 5.99. The van der Waals surface area contributed by atoms with Crippen molar-refractivity contribution in [1.29, 1.82) is 0 Å². The third-order valence-electron chi connectivity index (χ3n) is 9.22. The van der Waals surface area contributed by atoms with E-state index in [1.807, 2.05) is 18.7 Å². The quantitative estimate of drug-likeness (QED) is 0.222. The Kier molecular flexibility index (Phi) is 10.8. The van der Waals surface area contributed by atoms with Crippen molar-refractivity contribution < 1.29 is 24.2 Å². The third kappa shape index (κ3) is 5.69. The van der Waals surface area contributed by atoms with Crippen LogP contribution in [0.4, 0.5) is 0 Å². The maximum absolute atomic E-state index is 14.4. The van der Waals surface area contributed by atoms with Crippen LogP contribution in [0.1, 0.15) is 79.1 Å². The number of ether oxygens (including phenoxy) is 1. The molecule has 0 saturated carbocycles. The summed E-state index contributed by atoms with van der Waals surface area (Å²) >= 11 is 0. The minimum atomic E-state index is -1.03. The first-order chi connectivity index (χ1) is 18.7. The molecule has 0 aromatic rings. The molecule has 0 aliphatic carbocycles. The molecule has 3 rings (SSSR count). The van der Waals surface area contributed by atoms with Gasteiger partial charge in [-0.25, -0.2) is 0 Å². The standard InChI is InChI=1S/C31H51N3O5/c1-7-11-13-19-33(18-10-4)29(38)26-31-22-23(5)30(6,39-31)24(27(36)32(16-8-2)17-9-3)25(31)28(37)34(26)20-14-12-15-21-35/h8,10,23-26,35H,2,4,7,9,11-22H2,1,3,5-6H3/t23?,24-,25+,26?,30+,31?/m1/s1.